The highest BCUT2D eigenvalue weighted by atomic mass is 28.4. The molecule has 0 bridgehead atoms. The molecule has 130 valence electrons. The van der Waals surface area contributed by atoms with E-state index in [1.807, 2.05) is 12.1 Å². The number of hydrogen-bond donors (Lipinski definition) is 0. The smallest absolute Gasteiger partial charge is 0.193 e. The number of hydrogen-bond acceptors (Lipinski definition) is 2. The van der Waals surface area contributed by atoms with Gasteiger partial charge in [-0.05, 0) is 53.7 Å². The SMILES string of the molecule is C=C(CC(C)C)C(O[Si](CC)(CC)CC)c1ccc(OC)cc1. The van der Waals surface area contributed by atoms with Crippen LogP contribution in [0.3, 0.4) is 0 Å². The van der Waals surface area contributed by atoms with E-state index < -0.39 is 8.32 Å². The molecule has 0 aliphatic carbocycles. The van der Waals surface area contributed by atoms with Gasteiger partial charge in [0, 0.05) is 0 Å². The van der Waals surface area contributed by atoms with E-state index in [2.05, 4.69) is 53.3 Å². The van der Waals surface area contributed by atoms with Gasteiger partial charge in [0.2, 0.25) is 0 Å². The first-order valence-electron chi connectivity index (χ1n) is 8.90. The van der Waals surface area contributed by atoms with Crippen molar-refractivity contribution in [3.63, 3.8) is 0 Å². The second kappa shape index (κ2) is 9.29. The molecule has 0 heterocycles. The maximum absolute atomic E-state index is 6.81. The fraction of sp³-hybridized carbons (Fsp3) is 0.600. The van der Waals surface area contributed by atoms with Crippen LogP contribution in [-0.2, 0) is 4.43 Å². The summed E-state index contributed by atoms with van der Waals surface area (Å²) in [5.41, 5.74) is 2.39. The normalized spacial score (nSPS) is 13.2. The van der Waals surface area contributed by atoms with Crippen molar-refractivity contribution in [2.75, 3.05) is 7.11 Å². The van der Waals surface area contributed by atoms with Gasteiger partial charge in [0.25, 0.3) is 0 Å². The number of ether oxygens (including phenoxy) is 1. The summed E-state index contributed by atoms with van der Waals surface area (Å²) >= 11 is 0. The summed E-state index contributed by atoms with van der Waals surface area (Å²) in [6.45, 7) is 15.7. The molecule has 1 unspecified atom stereocenters. The highest BCUT2D eigenvalue weighted by molar-refractivity contribution is 6.73. The molecule has 1 aromatic carbocycles. The lowest BCUT2D eigenvalue weighted by atomic mass is 9.95. The molecule has 0 aromatic heterocycles. The molecule has 1 aromatic rings. The van der Waals surface area contributed by atoms with E-state index in [1.54, 1.807) is 7.11 Å². The number of rotatable bonds is 10. The molecule has 0 saturated carbocycles. The van der Waals surface area contributed by atoms with Crippen LogP contribution in [0, 0.1) is 5.92 Å². The Hall–Kier alpha value is -1.06. The van der Waals surface area contributed by atoms with Gasteiger partial charge >= 0.3 is 0 Å². The molecular formula is C20H34O2Si. The summed E-state index contributed by atoms with van der Waals surface area (Å²) < 4.78 is 12.1. The maximum atomic E-state index is 6.81. The third kappa shape index (κ3) is 5.50. The monoisotopic (exact) mass is 334 g/mol. The van der Waals surface area contributed by atoms with Gasteiger partial charge in [0.05, 0.1) is 13.2 Å². The molecule has 0 saturated heterocycles. The van der Waals surface area contributed by atoms with Crippen molar-refractivity contribution in [2.24, 2.45) is 5.92 Å². The lowest BCUT2D eigenvalue weighted by Crippen LogP contribution is -2.37. The molecule has 2 nitrogen and oxygen atoms in total. The van der Waals surface area contributed by atoms with Gasteiger partial charge in [-0.15, -0.1) is 0 Å². The second-order valence-corrected chi connectivity index (χ2v) is 11.5. The minimum absolute atomic E-state index is 0.00910. The van der Waals surface area contributed by atoms with Crippen LogP contribution in [0.1, 0.15) is 52.7 Å². The highest BCUT2D eigenvalue weighted by Gasteiger charge is 2.33. The van der Waals surface area contributed by atoms with Crippen LogP contribution in [0.2, 0.25) is 18.1 Å². The van der Waals surface area contributed by atoms with E-state index >= 15 is 0 Å². The van der Waals surface area contributed by atoms with Crippen molar-refractivity contribution in [1.82, 2.24) is 0 Å². The van der Waals surface area contributed by atoms with Crippen LogP contribution in [0.4, 0.5) is 0 Å². The van der Waals surface area contributed by atoms with Crippen LogP contribution in [0.25, 0.3) is 0 Å². The Kier molecular flexibility index (Phi) is 8.07. The van der Waals surface area contributed by atoms with Gasteiger partial charge in [-0.1, -0.05) is 53.3 Å². The van der Waals surface area contributed by atoms with Gasteiger partial charge < -0.3 is 9.16 Å². The summed E-state index contributed by atoms with van der Waals surface area (Å²) in [4.78, 5) is 0. The van der Waals surface area contributed by atoms with Crippen LogP contribution < -0.4 is 4.74 Å². The fourth-order valence-electron chi connectivity index (χ4n) is 3.05. The van der Waals surface area contributed by atoms with Crippen molar-refractivity contribution in [2.45, 2.75) is 65.3 Å². The second-order valence-electron chi connectivity index (χ2n) is 6.77. The Morgan fingerprint density at radius 2 is 1.57 bits per heavy atom. The molecule has 0 N–H and O–H groups in total. The minimum atomic E-state index is -1.69. The van der Waals surface area contributed by atoms with E-state index in [9.17, 15) is 0 Å². The van der Waals surface area contributed by atoms with E-state index in [0.29, 0.717) is 5.92 Å². The average molecular weight is 335 g/mol. The lowest BCUT2D eigenvalue weighted by molar-refractivity contribution is 0.218. The molecule has 0 radical (unpaired) electrons. The summed E-state index contributed by atoms with van der Waals surface area (Å²) in [6.07, 6.45) is 1.01. The van der Waals surface area contributed by atoms with Crippen molar-refractivity contribution in [3.05, 3.63) is 42.0 Å². The molecule has 0 aliphatic rings. The first kappa shape index (κ1) is 20.0. The number of methoxy groups -OCH3 is 1. The Morgan fingerprint density at radius 1 is 1.04 bits per heavy atom. The maximum Gasteiger partial charge on any atom is 0.193 e. The summed E-state index contributed by atoms with van der Waals surface area (Å²) in [6, 6.07) is 11.7. The van der Waals surface area contributed by atoms with Crippen LogP contribution in [-0.4, -0.2) is 15.4 Å². The van der Waals surface area contributed by atoms with E-state index in [1.165, 1.54) is 11.1 Å². The zero-order chi connectivity index (χ0) is 17.5. The van der Waals surface area contributed by atoms with Gasteiger partial charge in [0.1, 0.15) is 5.75 Å². The quantitative estimate of drug-likeness (QED) is 0.366. The molecule has 23 heavy (non-hydrogen) atoms. The van der Waals surface area contributed by atoms with Crippen molar-refractivity contribution >= 4 is 8.32 Å². The van der Waals surface area contributed by atoms with E-state index in [4.69, 9.17) is 9.16 Å². The van der Waals surface area contributed by atoms with Crippen LogP contribution in [0.15, 0.2) is 36.4 Å². The molecule has 0 aliphatic heterocycles. The molecule has 1 atom stereocenters. The number of benzene rings is 1. The van der Waals surface area contributed by atoms with Crippen molar-refractivity contribution in [3.8, 4) is 5.75 Å². The zero-order valence-electron chi connectivity index (χ0n) is 15.8. The van der Waals surface area contributed by atoms with E-state index in [0.717, 1.165) is 30.3 Å². The summed E-state index contributed by atoms with van der Waals surface area (Å²) in [5, 5.41) is 0. The molecule has 0 fully saturated rings. The van der Waals surface area contributed by atoms with Gasteiger partial charge in [0.15, 0.2) is 8.32 Å². The predicted molar refractivity (Wildman–Crippen MR) is 103 cm³/mol. The van der Waals surface area contributed by atoms with Gasteiger partial charge in [-0.3, -0.25) is 0 Å². The van der Waals surface area contributed by atoms with Gasteiger partial charge in [-0.25, -0.2) is 0 Å². The lowest BCUT2D eigenvalue weighted by Gasteiger charge is -2.35. The first-order valence-corrected chi connectivity index (χ1v) is 11.4. The Labute approximate surface area is 144 Å². The molecule has 0 amide bonds. The Bertz CT molecular complexity index is 467. The Balaban J connectivity index is 3.12. The minimum Gasteiger partial charge on any atom is -0.497 e. The van der Waals surface area contributed by atoms with E-state index in [-0.39, 0.29) is 6.10 Å². The average Bonchev–Trinajstić information content (AvgIpc) is 2.56. The van der Waals surface area contributed by atoms with Crippen LogP contribution in [0.5, 0.6) is 5.75 Å². The third-order valence-corrected chi connectivity index (χ3v) is 9.36. The molecule has 3 heteroatoms. The van der Waals surface area contributed by atoms with Crippen molar-refractivity contribution < 1.29 is 9.16 Å². The van der Waals surface area contributed by atoms with Crippen LogP contribution >= 0.6 is 0 Å². The topological polar surface area (TPSA) is 18.5 Å². The summed E-state index contributed by atoms with van der Waals surface area (Å²) in [5.74, 6) is 1.47. The first-order chi connectivity index (χ1) is 10.9. The largest absolute Gasteiger partial charge is 0.497 e. The molecule has 0 spiro atoms. The standard InChI is InChI=1S/C20H34O2Si/c1-8-23(9-2,10-3)22-20(17(6)15-16(4)5)18-11-13-19(21-7)14-12-18/h11-14,16,20H,6,8-10,15H2,1-5,7H3. The Morgan fingerprint density at radius 3 is 1.96 bits per heavy atom. The predicted octanol–water partition coefficient (Wildman–Crippen LogP) is 6.36. The molecule has 1 rings (SSSR count). The van der Waals surface area contributed by atoms with Crippen molar-refractivity contribution in [1.29, 1.82) is 0 Å². The fourth-order valence-corrected chi connectivity index (χ4v) is 5.85. The molecular weight excluding hydrogens is 300 g/mol. The zero-order valence-corrected chi connectivity index (χ0v) is 16.8. The highest BCUT2D eigenvalue weighted by Crippen LogP contribution is 2.36. The summed E-state index contributed by atoms with van der Waals surface area (Å²) in [7, 11) is 0.00722. The van der Waals surface area contributed by atoms with Gasteiger partial charge in [-0.2, -0.15) is 0 Å². The third-order valence-electron chi connectivity index (χ3n) is 4.76.